The van der Waals surface area contributed by atoms with Crippen LogP contribution in [0.1, 0.15) is 49.9 Å². The van der Waals surface area contributed by atoms with Crippen LogP contribution >= 0.6 is 0 Å². The Kier molecular flexibility index (Phi) is 6.46. The average Bonchev–Trinajstić information content (AvgIpc) is 3.58. The van der Waals surface area contributed by atoms with E-state index >= 15 is 0 Å². The fourth-order valence-corrected chi connectivity index (χ4v) is 10.4. The number of benzene rings is 9. The van der Waals surface area contributed by atoms with Gasteiger partial charge in [0, 0.05) is 10.8 Å². The number of fused-ring (bicyclic) bond motifs is 10. The Labute approximate surface area is 317 Å². The predicted molar refractivity (Wildman–Crippen MR) is 230 cm³/mol. The van der Waals surface area contributed by atoms with Crippen LogP contribution in [0, 0.1) is 0 Å². The fourth-order valence-electron chi connectivity index (χ4n) is 10.4. The van der Waals surface area contributed by atoms with E-state index in [0.29, 0.717) is 0 Å². The van der Waals surface area contributed by atoms with Crippen molar-refractivity contribution in [1.29, 1.82) is 0 Å². The summed E-state index contributed by atoms with van der Waals surface area (Å²) in [6.07, 6.45) is 0. The summed E-state index contributed by atoms with van der Waals surface area (Å²) >= 11 is 0. The molecule has 256 valence electrons. The first-order chi connectivity index (χ1) is 26.3. The molecule has 9 aromatic carbocycles. The highest BCUT2D eigenvalue weighted by Crippen LogP contribution is 2.59. The topological polar surface area (TPSA) is 0 Å². The van der Waals surface area contributed by atoms with Gasteiger partial charge in [-0.3, -0.25) is 0 Å². The van der Waals surface area contributed by atoms with E-state index in [2.05, 4.69) is 198 Å². The largest absolute Gasteiger partial charge is 0.0619 e. The van der Waals surface area contributed by atoms with Crippen molar-refractivity contribution in [2.45, 2.75) is 38.5 Å². The summed E-state index contributed by atoms with van der Waals surface area (Å²) in [5, 5.41) is 7.66. The van der Waals surface area contributed by atoms with Gasteiger partial charge in [-0.1, -0.05) is 185 Å². The number of hydrogen-bond donors (Lipinski definition) is 0. The van der Waals surface area contributed by atoms with Crippen LogP contribution in [0.4, 0.5) is 0 Å². The second-order valence-electron chi connectivity index (χ2n) is 16.4. The van der Waals surface area contributed by atoms with Crippen molar-refractivity contribution in [2.75, 3.05) is 0 Å². The maximum atomic E-state index is 2.46. The van der Waals surface area contributed by atoms with Gasteiger partial charge in [-0.2, -0.15) is 0 Å². The molecule has 11 rings (SSSR count). The van der Waals surface area contributed by atoms with E-state index in [-0.39, 0.29) is 10.8 Å². The predicted octanol–water partition coefficient (Wildman–Crippen LogP) is 14.8. The van der Waals surface area contributed by atoms with Gasteiger partial charge in [-0.05, 0) is 122 Å². The van der Waals surface area contributed by atoms with Gasteiger partial charge in [-0.25, -0.2) is 0 Å². The van der Waals surface area contributed by atoms with Crippen LogP contribution in [0.2, 0.25) is 0 Å². The molecule has 0 nitrogen and oxygen atoms in total. The SMILES string of the molecule is CC1(C)c2ccccc2-c2ccc3c(c21)C(C)(C)c1ccc(-c2cccc(-c4c5ccccc5c(-c5cccc6ccccc56)c5ccccc45)c2)cc1-3. The molecule has 0 bridgehead atoms. The summed E-state index contributed by atoms with van der Waals surface area (Å²) in [6.45, 7) is 9.68. The van der Waals surface area contributed by atoms with Crippen LogP contribution in [0.15, 0.2) is 170 Å². The minimum atomic E-state index is -0.0979. The lowest BCUT2D eigenvalue weighted by Crippen LogP contribution is -2.24. The number of rotatable bonds is 3. The molecule has 0 heteroatoms. The lowest BCUT2D eigenvalue weighted by atomic mass is 9.72. The first-order valence-corrected chi connectivity index (χ1v) is 19.3. The first-order valence-electron chi connectivity index (χ1n) is 19.3. The van der Waals surface area contributed by atoms with E-state index in [1.165, 1.54) is 110 Å². The van der Waals surface area contributed by atoms with E-state index in [4.69, 9.17) is 0 Å². The molecule has 0 spiro atoms. The van der Waals surface area contributed by atoms with Crippen LogP contribution < -0.4 is 0 Å². The minimum Gasteiger partial charge on any atom is -0.0619 e. The molecular weight excluding hydrogens is 649 g/mol. The van der Waals surface area contributed by atoms with Gasteiger partial charge in [0.1, 0.15) is 0 Å². The normalized spacial score (nSPS) is 14.6. The Morgan fingerprint density at radius 1 is 0.296 bits per heavy atom. The third kappa shape index (κ3) is 4.20. The lowest BCUT2D eigenvalue weighted by Gasteiger charge is -2.30. The highest BCUT2D eigenvalue weighted by Gasteiger charge is 2.45. The molecule has 0 saturated heterocycles. The molecule has 0 fully saturated rings. The minimum absolute atomic E-state index is 0.0531. The second-order valence-corrected chi connectivity index (χ2v) is 16.4. The first kappa shape index (κ1) is 31.3. The molecular formula is C54H40. The molecule has 9 aromatic rings. The summed E-state index contributed by atoms with van der Waals surface area (Å²) < 4.78 is 0. The zero-order valence-corrected chi connectivity index (χ0v) is 31.2. The smallest absolute Gasteiger partial charge is 0.0162 e. The van der Waals surface area contributed by atoms with Crippen LogP contribution in [0.3, 0.4) is 0 Å². The lowest BCUT2D eigenvalue weighted by molar-refractivity contribution is 0.601. The molecule has 0 aliphatic heterocycles. The van der Waals surface area contributed by atoms with Crippen molar-refractivity contribution in [2.24, 2.45) is 0 Å². The van der Waals surface area contributed by atoms with Gasteiger partial charge >= 0.3 is 0 Å². The molecule has 0 radical (unpaired) electrons. The van der Waals surface area contributed by atoms with E-state index < -0.39 is 0 Å². The van der Waals surface area contributed by atoms with Gasteiger partial charge < -0.3 is 0 Å². The highest BCUT2D eigenvalue weighted by molar-refractivity contribution is 6.23. The highest BCUT2D eigenvalue weighted by atomic mass is 14.5. The molecule has 0 atom stereocenters. The van der Waals surface area contributed by atoms with Crippen molar-refractivity contribution in [1.82, 2.24) is 0 Å². The van der Waals surface area contributed by atoms with Gasteiger partial charge in [0.15, 0.2) is 0 Å². The zero-order valence-electron chi connectivity index (χ0n) is 31.2. The molecule has 0 amide bonds. The van der Waals surface area contributed by atoms with Gasteiger partial charge in [-0.15, -0.1) is 0 Å². The zero-order chi connectivity index (χ0) is 36.3. The third-order valence-electron chi connectivity index (χ3n) is 12.8. The van der Waals surface area contributed by atoms with Gasteiger partial charge in [0.2, 0.25) is 0 Å². The van der Waals surface area contributed by atoms with E-state index in [1.807, 2.05) is 0 Å². The summed E-state index contributed by atoms with van der Waals surface area (Å²) in [5.41, 5.74) is 18.8. The van der Waals surface area contributed by atoms with Crippen LogP contribution in [-0.4, -0.2) is 0 Å². The van der Waals surface area contributed by atoms with Crippen LogP contribution in [0.5, 0.6) is 0 Å². The van der Waals surface area contributed by atoms with Crippen LogP contribution in [-0.2, 0) is 10.8 Å². The summed E-state index contributed by atoms with van der Waals surface area (Å²) in [6, 6.07) is 63.7. The molecule has 2 aliphatic carbocycles. The average molecular weight is 689 g/mol. The van der Waals surface area contributed by atoms with Crippen molar-refractivity contribution in [3.05, 3.63) is 192 Å². The molecule has 0 saturated carbocycles. The van der Waals surface area contributed by atoms with Crippen molar-refractivity contribution < 1.29 is 0 Å². The second kappa shape index (κ2) is 11.1. The Bertz CT molecular complexity index is 2980. The third-order valence-corrected chi connectivity index (χ3v) is 12.8. The molecule has 0 aromatic heterocycles. The Hall–Kier alpha value is -6.24. The molecule has 2 aliphatic rings. The fraction of sp³-hybridized carbons (Fsp3) is 0.111. The van der Waals surface area contributed by atoms with Crippen LogP contribution in [0.25, 0.3) is 88.0 Å². The van der Waals surface area contributed by atoms with Crippen molar-refractivity contribution >= 4 is 32.3 Å². The van der Waals surface area contributed by atoms with Crippen molar-refractivity contribution in [3.63, 3.8) is 0 Å². The summed E-state index contributed by atoms with van der Waals surface area (Å²) in [4.78, 5) is 0. The van der Waals surface area contributed by atoms with E-state index in [0.717, 1.165) is 0 Å². The monoisotopic (exact) mass is 688 g/mol. The Balaban J connectivity index is 1.09. The molecule has 0 N–H and O–H groups in total. The summed E-state index contributed by atoms with van der Waals surface area (Å²) in [7, 11) is 0. The number of hydrogen-bond acceptors (Lipinski definition) is 0. The quantitative estimate of drug-likeness (QED) is 0.162. The van der Waals surface area contributed by atoms with Crippen molar-refractivity contribution in [3.8, 4) is 55.6 Å². The Morgan fingerprint density at radius 2 is 0.778 bits per heavy atom. The maximum absolute atomic E-state index is 2.46. The van der Waals surface area contributed by atoms with Gasteiger partial charge in [0.25, 0.3) is 0 Å². The molecule has 54 heavy (non-hydrogen) atoms. The Morgan fingerprint density at radius 3 is 1.48 bits per heavy atom. The summed E-state index contributed by atoms with van der Waals surface area (Å²) in [5.74, 6) is 0. The molecule has 0 heterocycles. The van der Waals surface area contributed by atoms with Gasteiger partial charge in [0.05, 0.1) is 0 Å². The van der Waals surface area contributed by atoms with E-state index in [9.17, 15) is 0 Å². The maximum Gasteiger partial charge on any atom is 0.0162 e. The van der Waals surface area contributed by atoms with E-state index in [1.54, 1.807) is 0 Å². The standard InChI is InChI=1S/C54H40/c1-53(2)47-26-12-11-20-38(47)44-28-29-45-46-32-35(27-30-48(46)54(3,4)52(45)51(44)53)34-17-13-18-36(31-34)49-40-21-7-9-23-42(40)50(43-24-10-8-22-41(43)49)39-25-14-16-33-15-5-6-19-37(33)39/h5-32H,1-4H3. The molecule has 0 unspecified atom stereocenters.